The van der Waals surface area contributed by atoms with Gasteiger partial charge in [0.15, 0.2) is 0 Å². The number of hydrogen-bond acceptors (Lipinski definition) is 2. The molecule has 0 aromatic heterocycles. The van der Waals surface area contributed by atoms with Crippen LogP contribution < -0.4 is 0 Å². The Morgan fingerprint density at radius 3 is 1.50 bits per heavy atom. The topological polar surface area (TPSA) is 77.8 Å². The molecular weight excluding hydrogens is 155 g/mol. The highest BCUT2D eigenvalue weighted by molar-refractivity contribution is 7.30. The van der Waals surface area contributed by atoms with Crippen molar-refractivity contribution in [2.45, 2.75) is 6.92 Å². The summed E-state index contributed by atoms with van der Waals surface area (Å²) in [5.41, 5.74) is 2.25. The fraction of sp³-hybridized carbons (Fsp3) is 0.400. The molecule has 0 spiro atoms. The average Bonchev–Trinajstić information content (AvgIpc) is 1.65. The van der Waals surface area contributed by atoms with Gasteiger partial charge in [-0.15, -0.1) is 15.5 Å². The van der Waals surface area contributed by atoms with Gasteiger partial charge in [0.25, 0.3) is 0 Å². The van der Waals surface area contributed by atoms with Crippen molar-refractivity contribution >= 4 is 8.25 Å². The molecule has 0 radical (unpaired) electrons. The SMILES string of the molecule is C=C=C.CCO.O=[P+](O)O. The first kappa shape index (κ1) is 16.2. The van der Waals surface area contributed by atoms with Crippen molar-refractivity contribution in [3.63, 3.8) is 0 Å². The largest absolute Gasteiger partial charge is 0.692 e. The number of aliphatic hydroxyl groups is 1. The van der Waals surface area contributed by atoms with Gasteiger partial charge in [0.2, 0.25) is 0 Å². The summed E-state index contributed by atoms with van der Waals surface area (Å²) in [5, 5.41) is 7.57. The van der Waals surface area contributed by atoms with Crippen molar-refractivity contribution in [2.75, 3.05) is 6.61 Å². The van der Waals surface area contributed by atoms with E-state index in [4.69, 9.17) is 19.5 Å². The Labute approximate surface area is 61.1 Å². The van der Waals surface area contributed by atoms with E-state index in [1.807, 2.05) is 0 Å². The zero-order chi connectivity index (χ0) is 8.99. The molecule has 3 N–H and O–H groups in total. The molecule has 0 fully saturated rings. The van der Waals surface area contributed by atoms with Crippen LogP contribution in [0.1, 0.15) is 6.92 Å². The van der Waals surface area contributed by atoms with Crippen LogP contribution in [0.5, 0.6) is 0 Å². The van der Waals surface area contributed by atoms with E-state index < -0.39 is 8.25 Å². The molecule has 0 unspecified atom stereocenters. The zero-order valence-electron chi connectivity index (χ0n) is 5.82. The normalized spacial score (nSPS) is 5.20. The highest BCUT2D eigenvalue weighted by Crippen LogP contribution is 1.98. The third-order valence-corrected chi connectivity index (χ3v) is 0. The lowest BCUT2D eigenvalue weighted by Gasteiger charge is -1.52. The average molecular weight is 167 g/mol. The molecule has 0 rings (SSSR count). The Morgan fingerprint density at radius 2 is 1.50 bits per heavy atom. The first-order valence-corrected chi connectivity index (χ1v) is 3.48. The van der Waals surface area contributed by atoms with Gasteiger partial charge in [0, 0.05) is 11.2 Å². The molecule has 60 valence electrons. The minimum Gasteiger partial charge on any atom is -0.397 e. The van der Waals surface area contributed by atoms with Crippen LogP contribution >= 0.6 is 8.25 Å². The Kier molecular flexibility index (Phi) is 38.4. The van der Waals surface area contributed by atoms with Gasteiger partial charge in [0.1, 0.15) is 0 Å². The van der Waals surface area contributed by atoms with E-state index in [0.29, 0.717) is 0 Å². The highest BCUT2D eigenvalue weighted by atomic mass is 31.1. The minimum absolute atomic E-state index is 0.250. The summed E-state index contributed by atoms with van der Waals surface area (Å²) in [6, 6.07) is 0. The van der Waals surface area contributed by atoms with Crippen molar-refractivity contribution < 1.29 is 19.5 Å². The lowest BCUT2D eigenvalue weighted by atomic mass is 10.9. The Morgan fingerprint density at radius 1 is 1.50 bits per heavy atom. The summed E-state index contributed by atoms with van der Waals surface area (Å²) in [6.45, 7) is 8.18. The molecule has 0 saturated carbocycles. The molecule has 0 saturated heterocycles. The van der Waals surface area contributed by atoms with Gasteiger partial charge in [-0.2, -0.15) is 0 Å². The van der Waals surface area contributed by atoms with Crippen LogP contribution in [0, 0.1) is 0 Å². The second kappa shape index (κ2) is 23.6. The van der Waals surface area contributed by atoms with Gasteiger partial charge >= 0.3 is 8.25 Å². The van der Waals surface area contributed by atoms with Crippen LogP contribution in [0.15, 0.2) is 18.9 Å². The van der Waals surface area contributed by atoms with Crippen molar-refractivity contribution in [1.82, 2.24) is 0 Å². The molecule has 5 heteroatoms. The molecule has 0 aliphatic rings. The standard InChI is InChI=1S/C3H4.C2H6O.HO3P/c1-3-2;1-2-3;1-4(2)3/h1-2H2;3H,2H2,1H3;(H-,1,2,3)/p+1. The van der Waals surface area contributed by atoms with E-state index in [9.17, 15) is 0 Å². The van der Waals surface area contributed by atoms with E-state index in [1.165, 1.54) is 0 Å². The smallest absolute Gasteiger partial charge is 0.397 e. The Balaban J connectivity index is -0.0000000750. The van der Waals surface area contributed by atoms with Crippen LogP contribution in [0.3, 0.4) is 0 Å². The first-order chi connectivity index (χ1) is 4.56. The number of aliphatic hydroxyl groups excluding tert-OH is 1. The Hall–Kier alpha value is -0.500. The van der Waals surface area contributed by atoms with Crippen molar-refractivity contribution in [1.29, 1.82) is 0 Å². The Bertz CT molecular complexity index is 91.8. The number of rotatable bonds is 0. The lowest BCUT2D eigenvalue weighted by molar-refractivity contribution is 0.318. The summed E-state index contributed by atoms with van der Waals surface area (Å²) in [6.07, 6.45) is 0. The monoisotopic (exact) mass is 167 g/mol. The van der Waals surface area contributed by atoms with E-state index >= 15 is 0 Å². The van der Waals surface area contributed by atoms with Crippen LogP contribution in [0.2, 0.25) is 0 Å². The number of hydrogen-bond donors (Lipinski definition) is 3. The zero-order valence-corrected chi connectivity index (χ0v) is 6.71. The predicted octanol–water partition coefficient (Wildman–Crippen LogP) is 0.584. The minimum atomic E-state index is -2.87. The summed E-state index contributed by atoms with van der Waals surface area (Å²) >= 11 is 0. The van der Waals surface area contributed by atoms with Gasteiger partial charge in [-0.3, -0.25) is 0 Å². The second-order valence-corrected chi connectivity index (χ2v) is 1.32. The lowest BCUT2D eigenvalue weighted by Crippen LogP contribution is -1.57. The molecule has 10 heavy (non-hydrogen) atoms. The summed E-state index contributed by atoms with van der Waals surface area (Å²) < 4.78 is 8.70. The predicted molar refractivity (Wildman–Crippen MR) is 39.6 cm³/mol. The quantitative estimate of drug-likeness (QED) is 0.364. The maximum Gasteiger partial charge on any atom is 0.692 e. The van der Waals surface area contributed by atoms with Crippen LogP contribution in [0.4, 0.5) is 0 Å². The van der Waals surface area contributed by atoms with Gasteiger partial charge in [0.05, 0.1) is 0 Å². The molecule has 4 nitrogen and oxygen atoms in total. The second-order valence-electron chi connectivity index (χ2n) is 0.819. The molecule has 0 aliphatic carbocycles. The van der Waals surface area contributed by atoms with E-state index in [2.05, 4.69) is 18.9 Å². The summed E-state index contributed by atoms with van der Waals surface area (Å²) in [4.78, 5) is 14.2. The maximum absolute atomic E-state index is 8.70. The maximum atomic E-state index is 8.70. The molecule has 0 aromatic rings. The van der Waals surface area contributed by atoms with Crippen LogP contribution in [0.25, 0.3) is 0 Å². The first-order valence-electron chi connectivity index (χ1n) is 2.31. The van der Waals surface area contributed by atoms with Gasteiger partial charge in [-0.25, -0.2) is 0 Å². The van der Waals surface area contributed by atoms with Crippen molar-refractivity contribution in [3.8, 4) is 0 Å². The van der Waals surface area contributed by atoms with Crippen LogP contribution in [-0.4, -0.2) is 21.5 Å². The molecule has 0 amide bonds. The fourth-order valence-corrected chi connectivity index (χ4v) is 0. The van der Waals surface area contributed by atoms with E-state index in [-0.39, 0.29) is 6.61 Å². The molecular formula is C5H12O4P+. The van der Waals surface area contributed by atoms with Gasteiger partial charge in [-0.1, -0.05) is 13.2 Å². The molecule has 0 aromatic carbocycles. The third kappa shape index (κ3) is 1270. The third-order valence-electron chi connectivity index (χ3n) is 0. The fourth-order valence-electron chi connectivity index (χ4n) is 0. The van der Waals surface area contributed by atoms with Gasteiger partial charge in [-0.05, 0) is 6.92 Å². The summed E-state index contributed by atoms with van der Waals surface area (Å²) in [5.74, 6) is 0. The van der Waals surface area contributed by atoms with Gasteiger partial charge < -0.3 is 5.11 Å². The van der Waals surface area contributed by atoms with Crippen molar-refractivity contribution in [2.24, 2.45) is 0 Å². The molecule has 0 aliphatic heterocycles. The highest BCUT2D eigenvalue weighted by Gasteiger charge is 1.93. The molecule has 0 bridgehead atoms. The molecule has 0 atom stereocenters. The molecule has 0 heterocycles. The summed E-state index contributed by atoms with van der Waals surface area (Å²) in [7, 11) is -2.87. The van der Waals surface area contributed by atoms with E-state index in [0.717, 1.165) is 0 Å². The van der Waals surface area contributed by atoms with Crippen LogP contribution in [-0.2, 0) is 4.57 Å². The van der Waals surface area contributed by atoms with Crippen molar-refractivity contribution in [3.05, 3.63) is 18.9 Å². The van der Waals surface area contributed by atoms with E-state index in [1.54, 1.807) is 6.92 Å².